The number of rotatable bonds is 3. The molecule has 19 heavy (non-hydrogen) atoms. The largest absolute Gasteiger partial charge is 0.378 e. The molecule has 0 bridgehead atoms. The van der Waals surface area contributed by atoms with Crippen LogP contribution in [-0.2, 0) is 0 Å². The van der Waals surface area contributed by atoms with Crippen molar-refractivity contribution >= 4 is 38.9 Å². The van der Waals surface area contributed by atoms with Crippen molar-refractivity contribution in [1.82, 2.24) is 4.98 Å². The lowest BCUT2D eigenvalue weighted by Crippen LogP contribution is -2.01. The first kappa shape index (κ1) is 13.2. The van der Waals surface area contributed by atoms with Gasteiger partial charge in [-0.3, -0.25) is 10.1 Å². The Bertz CT molecular complexity index is 651. The van der Waals surface area contributed by atoms with Crippen LogP contribution in [0.15, 0.2) is 34.8 Å². The van der Waals surface area contributed by atoms with E-state index in [1.54, 1.807) is 6.07 Å². The number of aromatic nitrogens is 1. The average molecular weight is 327 g/mol. The van der Waals surface area contributed by atoms with Gasteiger partial charge in [-0.05, 0) is 40.2 Å². The van der Waals surface area contributed by atoms with Gasteiger partial charge in [0, 0.05) is 11.8 Å². The highest BCUT2D eigenvalue weighted by Gasteiger charge is 2.13. The van der Waals surface area contributed by atoms with Crippen molar-refractivity contribution in [3.63, 3.8) is 0 Å². The van der Waals surface area contributed by atoms with E-state index in [1.165, 1.54) is 24.3 Å². The van der Waals surface area contributed by atoms with Gasteiger partial charge in [-0.15, -0.1) is 0 Å². The normalized spacial score (nSPS) is 10.2. The summed E-state index contributed by atoms with van der Waals surface area (Å²) >= 11 is 3.04. The molecule has 0 aliphatic carbocycles. The molecule has 2 rings (SSSR count). The monoisotopic (exact) mass is 326 g/mol. The summed E-state index contributed by atoms with van der Waals surface area (Å²) in [5, 5.41) is 13.4. The number of nitrogens with one attached hydrogen (secondary N) is 1. The Morgan fingerprint density at radius 3 is 2.68 bits per heavy atom. The Kier molecular flexibility index (Phi) is 3.61. The first-order valence-electron chi connectivity index (χ1n) is 5.10. The molecule has 0 amide bonds. The van der Waals surface area contributed by atoms with Gasteiger partial charge in [0.2, 0.25) is 5.82 Å². The molecule has 0 aliphatic rings. The second-order valence-electron chi connectivity index (χ2n) is 3.61. The quantitative estimate of drug-likeness (QED) is 0.667. The fourth-order valence-corrected chi connectivity index (χ4v) is 1.66. The van der Waals surface area contributed by atoms with E-state index >= 15 is 0 Å². The van der Waals surface area contributed by atoms with Crippen molar-refractivity contribution < 1.29 is 9.31 Å². The Labute approximate surface area is 115 Å². The summed E-state index contributed by atoms with van der Waals surface area (Å²) in [7, 11) is 0. The van der Waals surface area contributed by atoms with Crippen molar-refractivity contribution in [2.75, 3.05) is 11.1 Å². The van der Waals surface area contributed by atoms with Crippen LogP contribution in [0.1, 0.15) is 0 Å². The van der Waals surface area contributed by atoms with Crippen LogP contribution in [0.2, 0.25) is 0 Å². The van der Waals surface area contributed by atoms with Crippen LogP contribution >= 0.6 is 15.9 Å². The van der Waals surface area contributed by atoms with Gasteiger partial charge in [0.05, 0.1) is 9.40 Å². The third kappa shape index (κ3) is 2.97. The molecule has 0 aliphatic heterocycles. The molecule has 8 heteroatoms. The summed E-state index contributed by atoms with van der Waals surface area (Å²) in [6.07, 6.45) is 0. The van der Waals surface area contributed by atoms with Crippen molar-refractivity contribution in [3.8, 4) is 0 Å². The first-order chi connectivity index (χ1) is 8.97. The van der Waals surface area contributed by atoms with Gasteiger partial charge >= 0.3 is 5.69 Å². The molecule has 0 atom stereocenters. The molecule has 98 valence electrons. The van der Waals surface area contributed by atoms with Crippen LogP contribution in [0, 0.1) is 15.9 Å². The smallest absolute Gasteiger partial charge is 0.311 e. The minimum Gasteiger partial charge on any atom is -0.378 e. The number of hydrogen-bond donors (Lipinski definition) is 2. The Morgan fingerprint density at radius 1 is 1.37 bits per heavy atom. The standard InChI is InChI=1S/C11H8BrFN4O2/c12-7-2-1-6(5-8(7)13)15-10-4-3-9(17(18)19)11(14)16-10/h1-5H,(H3,14,15,16). The molecular formula is C11H8BrFN4O2. The lowest BCUT2D eigenvalue weighted by molar-refractivity contribution is -0.384. The first-order valence-corrected chi connectivity index (χ1v) is 5.89. The molecule has 0 unspecified atom stereocenters. The summed E-state index contributed by atoms with van der Waals surface area (Å²) in [5.74, 6) is -0.336. The molecule has 1 aromatic heterocycles. The van der Waals surface area contributed by atoms with Crippen LogP contribution in [0.4, 0.5) is 27.4 Å². The van der Waals surface area contributed by atoms with E-state index in [-0.39, 0.29) is 11.5 Å². The van der Waals surface area contributed by atoms with Gasteiger partial charge in [-0.2, -0.15) is 0 Å². The van der Waals surface area contributed by atoms with Crippen molar-refractivity contribution in [2.45, 2.75) is 0 Å². The predicted octanol–water partition coefficient (Wildman–Crippen LogP) is 3.22. The highest BCUT2D eigenvalue weighted by molar-refractivity contribution is 9.10. The van der Waals surface area contributed by atoms with Crippen LogP contribution in [-0.4, -0.2) is 9.91 Å². The third-order valence-corrected chi connectivity index (χ3v) is 2.93. The number of hydrogen-bond acceptors (Lipinski definition) is 5. The van der Waals surface area contributed by atoms with Gasteiger partial charge in [-0.25, -0.2) is 9.37 Å². The Hall–Kier alpha value is -2.22. The van der Waals surface area contributed by atoms with Crippen LogP contribution in [0.5, 0.6) is 0 Å². The number of nitrogen functional groups attached to an aromatic ring is 1. The predicted molar refractivity (Wildman–Crippen MR) is 72.7 cm³/mol. The van der Waals surface area contributed by atoms with Crippen LogP contribution in [0.3, 0.4) is 0 Å². The van der Waals surface area contributed by atoms with Gasteiger partial charge in [-0.1, -0.05) is 0 Å². The molecule has 1 heterocycles. The zero-order valence-corrected chi connectivity index (χ0v) is 11.0. The second-order valence-corrected chi connectivity index (χ2v) is 4.47. The fraction of sp³-hybridized carbons (Fsp3) is 0. The molecule has 6 nitrogen and oxygen atoms in total. The van der Waals surface area contributed by atoms with Crippen molar-refractivity contribution in [1.29, 1.82) is 0 Å². The summed E-state index contributed by atoms with van der Waals surface area (Å²) in [6.45, 7) is 0. The molecular weight excluding hydrogens is 319 g/mol. The number of nitro groups is 1. The third-order valence-electron chi connectivity index (χ3n) is 2.29. The summed E-state index contributed by atoms with van der Waals surface area (Å²) in [4.78, 5) is 13.8. The maximum absolute atomic E-state index is 13.3. The number of halogens is 2. The lowest BCUT2D eigenvalue weighted by Gasteiger charge is -2.07. The van der Waals surface area contributed by atoms with E-state index in [2.05, 4.69) is 26.2 Å². The fourth-order valence-electron chi connectivity index (χ4n) is 1.41. The SMILES string of the molecule is Nc1nc(Nc2ccc(Br)c(F)c2)ccc1[N+](=O)[O-]. The summed E-state index contributed by atoms with van der Waals surface area (Å²) < 4.78 is 13.7. The number of benzene rings is 1. The van der Waals surface area contributed by atoms with Crippen molar-refractivity contribution in [3.05, 3.63) is 50.7 Å². The number of nitrogens with zero attached hydrogens (tertiary/aromatic N) is 2. The van der Waals surface area contributed by atoms with Crippen LogP contribution < -0.4 is 11.1 Å². The van der Waals surface area contributed by atoms with Gasteiger partial charge in [0.1, 0.15) is 11.6 Å². The summed E-state index contributed by atoms with van der Waals surface area (Å²) in [5.41, 5.74) is 5.64. The van der Waals surface area contributed by atoms with Gasteiger partial charge in [0.25, 0.3) is 0 Å². The maximum Gasteiger partial charge on any atom is 0.311 e. The Balaban J connectivity index is 2.26. The van der Waals surface area contributed by atoms with E-state index in [0.29, 0.717) is 16.0 Å². The topological polar surface area (TPSA) is 94.1 Å². The molecule has 0 saturated carbocycles. The number of pyridine rings is 1. The lowest BCUT2D eigenvalue weighted by atomic mass is 10.3. The van der Waals surface area contributed by atoms with E-state index in [1.807, 2.05) is 0 Å². The number of nitrogens with two attached hydrogens (primary N) is 1. The molecule has 1 aromatic carbocycles. The highest BCUT2D eigenvalue weighted by Crippen LogP contribution is 2.25. The molecule has 2 aromatic rings. The Morgan fingerprint density at radius 2 is 2.11 bits per heavy atom. The highest BCUT2D eigenvalue weighted by atomic mass is 79.9. The van der Waals surface area contributed by atoms with Gasteiger partial charge in [0.15, 0.2) is 0 Å². The molecule has 0 radical (unpaired) electrons. The van der Waals surface area contributed by atoms with E-state index in [4.69, 9.17) is 5.73 Å². The zero-order chi connectivity index (χ0) is 14.0. The minimum atomic E-state index is -0.620. The minimum absolute atomic E-state index is 0.201. The second kappa shape index (κ2) is 5.19. The van der Waals surface area contributed by atoms with E-state index in [0.717, 1.165) is 0 Å². The molecule has 0 saturated heterocycles. The molecule has 3 N–H and O–H groups in total. The van der Waals surface area contributed by atoms with Crippen LogP contribution in [0.25, 0.3) is 0 Å². The van der Waals surface area contributed by atoms with Gasteiger partial charge < -0.3 is 11.1 Å². The zero-order valence-electron chi connectivity index (χ0n) is 9.43. The molecule has 0 spiro atoms. The van der Waals surface area contributed by atoms with E-state index in [9.17, 15) is 14.5 Å². The number of anilines is 3. The van der Waals surface area contributed by atoms with E-state index < -0.39 is 10.7 Å². The van der Waals surface area contributed by atoms with Crippen molar-refractivity contribution in [2.24, 2.45) is 0 Å². The average Bonchev–Trinajstić information content (AvgIpc) is 2.33. The molecule has 0 fully saturated rings. The summed E-state index contributed by atoms with van der Waals surface area (Å²) in [6, 6.07) is 7.07. The maximum atomic E-state index is 13.3.